The van der Waals surface area contributed by atoms with Crippen LogP contribution in [-0.2, 0) is 14.3 Å². The van der Waals surface area contributed by atoms with Crippen molar-refractivity contribution < 1.29 is 14.3 Å². The average Bonchev–Trinajstić information content (AvgIpc) is 2.47. The van der Waals surface area contributed by atoms with Crippen molar-refractivity contribution in [2.45, 2.75) is 19.8 Å². The first-order chi connectivity index (χ1) is 9.63. The molecule has 0 aliphatic carbocycles. The van der Waals surface area contributed by atoms with Crippen molar-refractivity contribution in [1.29, 1.82) is 0 Å². The van der Waals surface area contributed by atoms with Gasteiger partial charge in [0.25, 0.3) is 0 Å². The molecule has 1 aromatic rings. The Bertz CT molecular complexity index is 560. The van der Waals surface area contributed by atoms with E-state index in [1.54, 1.807) is 19.3 Å². The summed E-state index contributed by atoms with van der Waals surface area (Å²) < 4.78 is 5.08. The summed E-state index contributed by atoms with van der Waals surface area (Å²) in [5.41, 5.74) is 1.46. The summed E-state index contributed by atoms with van der Waals surface area (Å²) in [5, 5.41) is 0. The molecule has 1 unspecified atom stereocenters. The van der Waals surface area contributed by atoms with Crippen LogP contribution in [-0.4, -0.2) is 23.4 Å². The number of rotatable bonds is 3. The van der Waals surface area contributed by atoms with Gasteiger partial charge in [0.2, 0.25) is 5.91 Å². The van der Waals surface area contributed by atoms with Crippen LogP contribution in [0.25, 0.3) is 0 Å². The van der Waals surface area contributed by atoms with Gasteiger partial charge in [0, 0.05) is 25.2 Å². The molecule has 20 heavy (non-hydrogen) atoms. The molecule has 104 valence electrons. The molecule has 1 aliphatic rings. The van der Waals surface area contributed by atoms with Crippen LogP contribution in [0.15, 0.2) is 54.4 Å². The molecule has 2 rings (SSSR count). The first-order valence-electron chi connectivity index (χ1n) is 6.54. The van der Waals surface area contributed by atoms with Gasteiger partial charge < -0.3 is 4.74 Å². The molecule has 0 fully saturated rings. The zero-order valence-electron chi connectivity index (χ0n) is 11.6. The lowest BCUT2D eigenvalue weighted by molar-refractivity contribution is -0.138. The summed E-state index contributed by atoms with van der Waals surface area (Å²) >= 11 is 0. The zero-order chi connectivity index (χ0) is 14.5. The molecule has 0 N–H and O–H groups in total. The molecule has 0 spiro atoms. The highest BCUT2D eigenvalue weighted by Gasteiger charge is 2.26. The number of carbonyl (C=O) groups is 2. The van der Waals surface area contributed by atoms with Gasteiger partial charge in [-0.3, -0.25) is 9.69 Å². The van der Waals surface area contributed by atoms with Gasteiger partial charge >= 0.3 is 5.97 Å². The molecule has 0 saturated heterocycles. The minimum atomic E-state index is -0.392. The number of hydrogen-bond donors (Lipinski definition) is 0. The van der Waals surface area contributed by atoms with Gasteiger partial charge in [0.15, 0.2) is 0 Å². The maximum Gasteiger partial charge on any atom is 0.336 e. The van der Waals surface area contributed by atoms with Gasteiger partial charge in [-0.25, -0.2) is 4.79 Å². The van der Waals surface area contributed by atoms with Crippen LogP contribution in [0.1, 0.15) is 25.3 Å². The smallest absolute Gasteiger partial charge is 0.336 e. The Kier molecular flexibility index (Phi) is 4.35. The topological polar surface area (TPSA) is 46.6 Å². The van der Waals surface area contributed by atoms with Crippen LogP contribution < -0.4 is 0 Å². The van der Waals surface area contributed by atoms with E-state index in [2.05, 4.69) is 0 Å². The van der Waals surface area contributed by atoms with Crippen molar-refractivity contribution in [3.8, 4) is 0 Å². The number of benzene rings is 1. The first-order valence-corrected chi connectivity index (χ1v) is 6.54. The number of allylic oxidation sites excluding steroid dienone is 1. The number of ether oxygens (including phenoxy) is 1. The summed E-state index contributed by atoms with van der Waals surface area (Å²) in [6, 6.07) is 9.66. The van der Waals surface area contributed by atoms with E-state index in [-0.39, 0.29) is 11.8 Å². The fourth-order valence-corrected chi connectivity index (χ4v) is 2.10. The summed E-state index contributed by atoms with van der Waals surface area (Å²) in [4.78, 5) is 24.9. The molecular weight excluding hydrogens is 254 g/mol. The van der Waals surface area contributed by atoms with E-state index in [4.69, 9.17) is 4.74 Å². The van der Waals surface area contributed by atoms with E-state index >= 15 is 0 Å². The molecule has 1 aliphatic heterocycles. The highest BCUT2D eigenvalue weighted by atomic mass is 16.5. The molecule has 1 aromatic carbocycles. The van der Waals surface area contributed by atoms with E-state index in [1.807, 2.05) is 36.4 Å². The van der Waals surface area contributed by atoms with Gasteiger partial charge in [-0.2, -0.15) is 0 Å². The van der Waals surface area contributed by atoms with Crippen LogP contribution in [0.4, 0.5) is 0 Å². The molecule has 1 amide bonds. The summed E-state index contributed by atoms with van der Waals surface area (Å²) in [6.07, 6.45) is 5.07. The number of hydrogen-bond acceptors (Lipinski definition) is 3. The SMILES string of the molecule is CCOC(=O)C1=CN(C(C)=O)C=CC1c1ccccc1. The maximum absolute atomic E-state index is 12.1. The largest absolute Gasteiger partial charge is 0.463 e. The molecule has 0 bridgehead atoms. The maximum atomic E-state index is 12.1. The van der Waals surface area contributed by atoms with Crippen molar-refractivity contribution in [3.63, 3.8) is 0 Å². The predicted molar refractivity (Wildman–Crippen MR) is 75.6 cm³/mol. The molecule has 1 atom stereocenters. The highest BCUT2D eigenvalue weighted by Crippen LogP contribution is 2.30. The minimum absolute atomic E-state index is 0.144. The Labute approximate surface area is 118 Å². The van der Waals surface area contributed by atoms with E-state index in [0.29, 0.717) is 12.2 Å². The van der Waals surface area contributed by atoms with Crippen LogP contribution in [0, 0.1) is 0 Å². The predicted octanol–water partition coefficient (Wildman–Crippen LogP) is 2.59. The van der Waals surface area contributed by atoms with E-state index in [0.717, 1.165) is 5.56 Å². The van der Waals surface area contributed by atoms with Crippen LogP contribution >= 0.6 is 0 Å². The summed E-state index contributed by atoms with van der Waals surface area (Å²) in [5.74, 6) is -0.725. The summed E-state index contributed by atoms with van der Waals surface area (Å²) in [7, 11) is 0. The van der Waals surface area contributed by atoms with Crippen molar-refractivity contribution in [2.75, 3.05) is 6.61 Å². The lowest BCUT2D eigenvalue weighted by atomic mass is 9.90. The van der Waals surface area contributed by atoms with Crippen LogP contribution in [0.2, 0.25) is 0 Å². The Morgan fingerprint density at radius 1 is 1.25 bits per heavy atom. The van der Waals surface area contributed by atoms with E-state index < -0.39 is 5.97 Å². The highest BCUT2D eigenvalue weighted by molar-refractivity contribution is 5.92. The fourth-order valence-electron chi connectivity index (χ4n) is 2.10. The Morgan fingerprint density at radius 2 is 1.95 bits per heavy atom. The minimum Gasteiger partial charge on any atom is -0.463 e. The molecule has 4 heteroatoms. The Hall–Kier alpha value is -2.36. The zero-order valence-corrected chi connectivity index (χ0v) is 11.6. The number of esters is 1. The van der Waals surface area contributed by atoms with Crippen molar-refractivity contribution in [2.24, 2.45) is 0 Å². The molecular formula is C16H17NO3. The second kappa shape index (κ2) is 6.19. The number of carbonyl (C=O) groups excluding carboxylic acids is 2. The van der Waals surface area contributed by atoms with Crippen molar-refractivity contribution >= 4 is 11.9 Å². The quantitative estimate of drug-likeness (QED) is 0.794. The van der Waals surface area contributed by atoms with E-state index in [1.165, 1.54) is 11.8 Å². The number of amides is 1. The monoisotopic (exact) mass is 271 g/mol. The normalized spacial score (nSPS) is 17.6. The van der Waals surface area contributed by atoms with Gasteiger partial charge in [-0.1, -0.05) is 36.4 Å². The molecule has 0 aromatic heterocycles. The number of nitrogens with zero attached hydrogens (tertiary/aromatic N) is 1. The van der Waals surface area contributed by atoms with E-state index in [9.17, 15) is 9.59 Å². The molecule has 4 nitrogen and oxygen atoms in total. The standard InChI is InChI=1S/C16H17NO3/c1-3-20-16(19)15-11-17(12(2)18)10-9-14(15)13-7-5-4-6-8-13/h4-11,14H,3H2,1-2H3. The lowest BCUT2D eigenvalue weighted by Gasteiger charge is -2.24. The fraction of sp³-hybridized carbons (Fsp3) is 0.250. The van der Waals surface area contributed by atoms with Gasteiger partial charge in [0.1, 0.15) is 0 Å². The van der Waals surface area contributed by atoms with Crippen molar-refractivity contribution in [1.82, 2.24) is 4.90 Å². The lowest BCUT2D eigenvalue weighted by Crippen LogP contribution is -2.25. The molecule has 0 radical (unpaired) electrons. The second-order valence-corrected chi connectivity index (χ2v) is 4.46. The average molecular weight is 271 g/mol. The van der Waals surface area contributed by atoms with Crippen LogP contribution in [0.5, 0.6) is 0 Å². The Balaban J connectivity index is 2.36. The first kappa shape index (κ1) is 14.1. The van der Waals surface area contributed by atoms with Gasteiger partial charge in [-0.15, -0.1) is 0 Å². The molecule has 0 saturated carbocycles. The molecule has 1 heterocycles. The third-order valence-electron chi connectivity index (χ3n) is 3.09. The third kappa shape index (κ3) is 2.96. The van der Waals surface area contributed by atoms with Gasteiger partial charge in [-0.05, 0) is 12.5 Å². The van der Waals surface area contributed by atoms with Crippen LogP contribution in [0.3, 0.4) is 0 Å². The second-order valence-electron chi connectivity index (χ2n) is 4.46. The van der Waals surface area contributed by atoms with Gasteiger partial charge in [0.05, 0.1) is 12.2 Å². The third-order valence-corrected chi connectivity index (χ3v) is 3.09. The summed E-state index contributed by atoms with van der Waals surface area (Å²) in [6.45, 7) is 3.52. The Morgan fingerprint density at radius 3 is 2.55 bits per heavy atom. The van der Waals surface area contributed by atoms with Crippen molar-refractivity contribution in [3.05, 3.63) is 59.9 Å².